The van der Waals surface area contributed by atoms with E-state index in [0.717, 1.165) is 23.4 Å². The highest BCUT2D eigenvalue weighted by atomic mass is 16.5. The molecule has 2 N–H and O–H groups in total. The van der Waals surface area contributed by atoms with Gasteiger partial charge in [-0.05, 0) is 42.7 Å². The van der Waals surface area contributed by atoms with Gasteiger partial charge in [-0.3, -0.25) is 0 Å². The molecule has 0 saturated carbocycles. The average molecular weight is 227 g/mol. The number of hydrogen-bond donors (Lipinski definition) is 1. The summed E-state index contributed by atoms with van der Waals surface area (Å²) in [5.41, 5.74) is 10.4. The fourth-order valence-electron chi connectivity index (χ4n) is 1.90. The Kier molecular flexibility index (Phi) is 3.33. The number of benzene rings is 2. The molecular formula is C15H17NO. The van der Waals surface area contributed by atoms with Crippen LogP contribution in [0.4, 0.5) is 5.69 Å². The van der Waals surface area contributed by atoms with Gasteiger partial charge in [0.25, 0.3) is 0 Å². The lowest BCUT2D eigenvalue weighted by Gasteiger charge is -2.08. The molecule has 0 aliphatic heterocycles. The summed E-state index contributed by atoms with van der Waals surface area (Å²) in [4.78, 5) is 0. The first kappa shape index (κ1) is 11.5. The lowest BCUT2D eigenvalue weighted by Crippen LogP contribution is -1.97. The van der Waals surface area contributed by atoms with Crippen molar-refractivity contribution in [3.05, 3.63) is 59.2 Å². The fourth-order valence-corrected chi connectivity index (χ4v) is 1.90. The minimum Gasteiger partial charge on any atom is -0.497 e. The summed E-state index contributed by atoms with van der Waals surface area (Å²) in [6, 6.07) is 14.2. The second-order valence-corrected chi connectivity index (χ2v) is 4.23. The Balaban J connectivity index is 2.29. The molecule has 2 rings (SSSR count). The van der Waals surface area contributed by atoms with Crippen LogP contribution in [0.5, 0.6) is 5.75 Å². The molecule has 0 unspecified atom stereocenters. The summed E-state index contributed by atoms with van der Waals surface area (Å²) in [5.74, 6) is 0.849. The summed E-state index contributed by atoms with van der Waals surface area (Å²) in [5, 5.41) is 0. The number of anilines is 1. The molecule has 0 fully saturated rings. The molecule has 0 radical (unpaired) electrons. The monoisotopic (exact) mass is 227 g/mol. The SMILES string of the molecule is COc1ccc(N)c(Cc2cccc(C)c2)c1. The summed E-state index contributed by atoms with van der Waals surface area (Å²) in [6.45, 7) is 2.10. The third kappa shape index (κ3) is 2.78. The number of ether oxygens (including phenoxy) is 1. The second kappa shape index (κ2) is 4.91. The molecule has 2 aromatic carbocycles. The van der Waals surface area contributed by atoms with Crippen molar-refractivity contribution in [3.8, 4) is 5.75 Å². The average Bonchev–Trinajstić information content (AvgIpc) is 2.32. The first-order valence-electron chi connectivity index (χ1n) is 5.67. The Morgan fingerprint density at radius 3 is 2.65 bits per heavy atom. The van der Waals surface area contributed by atoms with E-state index in [1.807, 2.05) is 18.2 Å². The van der Waals surface area contributed by atoms with Crippen LogP contribution < -0.4 is 10.5 Å². The van der Waals surface area contributed by atoms with Gasteiger partial charge < -0.3 is 10.5 Å². The number of methoxy groups -OCH3 is 1. The zero-order chi connectivity index (χ0) is 12.3. The predicted octanol–water partition coefficient (Wildman–Crippen LogP) is 3.18. The maximum absolute atomic E-state index is 5.97. The summed E-state index contributed by atoms with van der Waals surface area (Å²) >= 11 is 0. The van der Waals surface area contributed by atoms with Gasteiger partial charge in [0.15, 0.2) is 0 Å². The topological polar surface area (TPSA) is 35.2 Å². The van der Waals surface area contributed by atoms with Crippen molar-refractivity contribution in [1.82, 2.24) is 0 Å². The van der Waals surface area contributed by atoms with Crippen molar-refractivity contribution in [1.29, 1.82) is 0 Å². The highest BCUT2D eigenvalue weighted by molar-refractivity contribution is 5.52. The first-order valence-corrected chi connectivity index (χ1v) is 5.67. The van der Waals surface area contributed by atoms with Gasteiger partial charge in [-0.25, -0.2) is 0 Å². The van der Waals surface area contributed by atoms with E-state index >= 15 is 0 Å². The minimum atomic E-state index is 0.812. The third-order valence-electron chi connectivity index (χ3n) is 2.83. The fraction of sp³-hybridized carbons (Fsp3) is 0.200. The van der Waals surface area contributed by atoms with Gasteiger partial charge in [-0.15, -0.1) is 0 Å². The molecule has 0 bridgehead atoms. The van der Waals surface area contributed by atoms with E-state index in [1.165, 1.54) is 11.1 Å². The summed E-state index contributed by atoms with van der Waals surface area (Å²) < 4.78 is 5.22. The zero-order valence-electron chi connectivity index (χ0n) is 10.2. The Morgan fingerprint density at radius 2 is 1.94 bits per heavy atom. The van der Waals surface area contributed by atoms with Gasteiger partial charge in [-0.2, -0.15) is 0 Å². The van der Waals surface area contributed by atoms with Crippen molar-refractivity contribution in [2.45, 2.75) is 13.3 Å². The Morgan fingerprint density at radius 1 is 1.12 bits per heavy atom. The van der Waals surface area contributed by atoms with E-state index in [0.29, 0.717) is 0 Å². The molecule has 0 aromatic heterocycles. The molecule has 0 heterocycles. The standard InChI is InChI=1S/C15H17NO/c1-11-4-3-5-12(8-11)9-13-10-14(17-2)6-7-15(13)16/h3-8,10H,9,16H2,1-2H3. The van der Waals surface area contributed by atoms with Crippen LogP contribution in [0.15, 0.2) is 42.5 Å². The van der Waals surface area contributed by atoms with E-state index < -0.39 is 0 Å². The quantitative estimate of drug-likeness (QED) is 0.817. The maximum atomic E-state index is 5.97. The molecule has 0 aliphatic carbocycles. The second-order valence-electron chi connectivity index (χ2n) is 4.23. The molecule has 0 saturated heterocycles. The van der Waals surface area contributed by atoms with Crippen LogP contribution in [0.3, 0.4) is 0 Å². The number of hydrogen-bond acceptors (Lipinski definition) is 2. The van der Waals surface area contributed by atoms with Gasteiger partial charge in [0.1, 0.15) is 5.75 Å². The van der Waals surface area contributed by atoms with E-state index in [1.54, 1.807) is 7.11 Å². The Bertz CT molecular complexity index is 520. The van der Waals surface area contributed by atoms with Crippen molar-refractivity contribution in [3.63, 3.8) is 0 Å². The lowest BCUT2D eigenvalue weighted by molar-refractivity contribution is 0.414. The zero-order valence-corrected chi connectivity index (χ0v) is 10.2. The van der Waals surface area contributed by atoms with Crippen molar-refractivity contribution >= 4 is 5.69 Å². The maximum Gasteiger partial charge on any atom is 0.119 e. The lowest BCUT2D eigenvalue weighted by atomic mass is 10.0. The van der Waals surface area contributed by atoms with Crippen LogP contribution in [0.1, 0.15) is 16.7 Å². The summed E-state index contributed by atoms with van der Waals surface area (Å²) in [7, 11) is 1.67. The number of rotatable bonds is 3. The van der Waals surface area contributed by atoms with Gasteiger partial charge in [-0.1, -0.05) is 29.8 Å². The highest BCUT2D eigenvalue weighted by Gasteiger charge is 2.03. The van der Waals surface area contributed by atoms with Crippen molar-refractivity contribution in [2.75, 3.05) is 12.8 Å². The molecule has 2 nitrogen and oxygen atoms in total. The van der Waals surface area contributed by atoms with Crippen molar-refractivity contribution in [2.24, 2.45) is 0 Å². The van der Waals surface area contributed by atoms with Crippen LogP contribution >= 0.6 is 0 Å². The largest absolute Gasteiger partial charge is 0.497 e. The number of nitrogen functional groups attached to an aromatic ring is 1. The van der Waals surface area contributed by atoms with Crippen LogP contribution in [-0.4, -0.2) is 7.11 Å². The molecule has 0 amide bonds. The van der Waals surface area contributed by atoms with E-state index in [9.17, 15) is 0 Å². The van der Waals surface area contributed by atoms with Gasteiger partial charge in [0, 0.05) is 5.69 Å². The molecule has 2 heteroatoms. The van der Waals surface area contributed by atoms with Gasteiger partial charge in [0.05, 0.1) is 7.11 Å². The Labute approximate surface area is 102 Å². The van der Waals surface area contributed by atoms with Gasteiger partial charge >= 0.3 is 0 Å². The molecule has 0 aliphatic rings. The molecular weight excluding hydrogens is 210 g/mol. The molecule has 17 heavy (non-hydrogen) atoms. The highest BCUT2D eigenvalue weighted by Crippen LogP contribution is 2.22. The van der Waals surface area contributed by atoms with E-state index in [-0.39, 0.29) is 0 Å². The minimum absolute atomic E-state index is 0.812. The van der Waals surface area contributed by atoms with Crippen molar-refractivity contribution < 1.29 is 4.74 Å². The van der Waals surface area contributed by atoms with Gasteiger partial charge in [0.2, 0.25) is 0 Å². The van der Waals surface area contributed by atoms with Crippen LogP contribution in [-0.2, 0) is 6.42 Å². The van der Waals surface area contributed by atoms with E-state index in [4.69, 9.17) is 10.5 Å². The van der Waals surface area contributed by atoms with Crippen LogP contribution in [0.25, 0.3) is 0 Å². The normalized spacial score (nSPS) is 10.2. The summed E-state index contributed by atoms with van der Waals surface area (Å²) in [6.07, 6.45) is 0.838. The third-order valence-corrected chi connectivity index (χ3v) is 2.83. The molecule has 2 aromatic rings. The molecule has 0 atom stereocenters. The molecule has 88 valence electrons. The smallest absolute Gasteiger partial charge is 0.119 e. The Hall–Kier alpha value is -1.96. The number of aryl methyl sites for hydroxylation is 1. The molecule has 0 spiro atoms. The first-order chi connectivity index (χ1) is 8.19. The van der Waals surface area contributed by atoms with Crippen LogP contribution in [0.2, 0.25) is 0 Å². The number of nitrogens with two attached hydrogens (primary N) is 1. The predicted molar refractivity (Wildman–Crippen MR) is 71.4 cm³/mol. The van der Waals surface area contributed by atoms with E-state index in [2.05, 4.69) is 31.2 Å². The van der Waals surface area contributed by atoms with Crippen LogP contribution in [0, 0.1) is 6.92 Å².